The van der Waals surface area contributed by atoms with Crippen molar-refractivity contribution in [2.24, 2.45) is 0 Å². The predicted octanol–water partition coefficient (Wildman–Crippen LogP) is 3.78. The Balaban J connectivity index is 2.06. The summed E-state index contributed by atoms with van der Waals surface area (Å²) in [6, 6.07) is 12.3. The highest BCUT2D eigenvalue weighted by Crippen LogP contribution is 2.21. The van der Waals surface area contributed by atoms with E-state index in [0.29, 0.717) is 23.3 Å². The van der Waals surface area contributed by atoms with Crippen molar-refractivity contribution in [1.82, 2.24) is 14.5 Å². The molecular weight excluding hydrogens is 345 g/mol. The molecule has 0 fully saturated rings. The van der Waals surface area contributed by atoms with Gasteiger partial charge >= 0.3 is 0 Å². The number of rotatable bonds is 5. The number of fused-ring (bicyclic) bond motifs is 1. The first-order valence-corrected chi connectivity index (χ1v) is 8.96. The number of halogens is 1. The summed E-state index contributed by atoms with van der Waals surface area (Å²) >= 11 is 0. The van der Waals surface area contributed by atoms with Crippen LogP contribution < -0.4 is 5.56 Å². The van der Waals surface area contributed by atoms with E-state index in [-0.39, 0.29) is 17.0 Å². The largest absolute Gasteiger partial charge is 0.332 e. The molecule has 27 heavy (non-hydrogen) atoms. The third-order valence-electron chi connectivity index (χ3n) is 4.68. The first-order chi connectivity index (χ1) is 12.9. The van der Waals surface area contributed by atoms with Crippen LogP contribution in [0.3, 0.4) is 0 Å². The van der Waals surface area contributed by atoms with Crippen LogP contribution in [-0.4, -0.2) is 27.4 Å². The highest BCUT2D eigenvalue weighted by atomic mass is 19.1. The zero-order valence-electron chi connectivity index (χ0n) is 15.6. The molecule has 1 unspecified atom stereocenters. The summed E-state index contributed by atoms with van der Waals surface area (Å²) in [5.41, 5.74) is 0.744. The molecule has 0 saturated heterocycles. The van der Waals surface area contributed by atoms with Crippen molar-refractivity contribution in [3.63, 3.8) is 0 Å². The molecule has 5 nitrogen and oxygen atoms in total. The zero-order chi connectivity index (χ0) is 19.6. The zero-order valence-corrected chi connectivity index (χ0v) is 15.6. The van der Waals surface area contributed by atoms with E-state index in [9.17, 15) is 14.0 Å². The van der Waals surface area contributed by atoms with E-state index in [1.165, 1.54) is 23.1 Å². The van der Waals surface area contributed by atoms with Crippen LogP contribution in [0.1, 0.15) is 42.5 Å². The number of hydrogen-bond donors (Lipinski definition) is 0. The van der Waals surface area contributed by atoms with Crippen LogP contribution in [0.15, 0.2) is 53.3 Å². The molecule has 140 valence electrons. The van der Waals surface area contributed by atoms with Crippen molar-refractivity contribution < 1.29 is 9.18 Å². The average Bonchev–Trinajstić information content (AvgIpc) is 2.68. The molecule has 3 aromatic rings. The molecule has 6 heteroatoms. The first kappa shape index (κ1) is 18.8. The number of benzene rings is 2. The van der Waals surface area contributed by atoms with Gasteiger partial charge in [0.25, 0.3) is 11.5 Å². The molecule has 0 spiro atoms. The van der Waals surface area contributed by atoms with Gasteiger partial charge in [0.05, 0.1) is 16.9 Å². The topological polar surface area (TPSA) is 55.2 Å². The number of hydrogen-bond acceptors (Lipinski definition) is 3. The van der Waals surface area contributed by atoms with E-state index in [1.807, 2.05) is 26.0 Å². The second-order valence-corrected chi connectivity index (χ2v) is 6.55. The van der Waals surface area contributed by atoms with Crippen molar-refractivity contribution in [3.05, 3.63) is 76.1 Å². The van der Waals surface area contributed by atoms with Crippen LogP contribution in [0.25, 0.3) is 10.9 Å². The number of aromatic nitrogens is 2. The monoisotopic (exact) mass is 367 g/mol. The third-order valence-corrected chi connectivity index (χ3v) is 4.68. The van der Waals surface area contributed by atoms with Crippen LogP contribution in [0.5, 0.6) is 0 Å². The van der Waals surface area contributed by atoms with Crippen LogP contribution in [-0.2, 0) is 6.54 Å². The van der Waals surface area contributed by atoms with Gasteiger partial charge in [0.2, 0.25) is 0 Å². The molecule has 0 aliphatic rings. The Kier molecular flexibility index (Phi) is 5.35. The minimum absolute atomic E-state index is 0.115. The molecule has 2 aromatic carbocycles. The van der Waals surface area contributed by atoms with E-state index in [2.05, 4.69) is 4.98 Å². The second kappa shape index (κ2) is 7.70. The van der Waals surface area contributed by atoms with Gasteiger partial charge in [-0.1, -0.05) is 25.1 Å². The fourth-order valence-corrected chi connectivity index (χ4v) is 3.12. The average molecular weight is 367 g/mol. The summed E-state index contributed by atoms with van der Waals surface area (Å²) in [7, 11) is 1.63. The molecule has 0 N–H and O–H groups in total. The summed E-state index contributed by atoms with van der Waals surface area (Å²) in [4.78, 5) is 31.8. The van der Waals surface area contributed by atoms with E-state index in [0.717, 1.165) is 6.42 Å². The van der Waals surface area contributed by atoms with Gasteiger partial charge in [-0.3, -0.25) is 14.2 Å². The number of nitrogens with zero attached hydrogens (tertiary/aromatic N) is 3. The molecule has 1 amide bonds. The highest BCUT2D eigenvalue weighted by molar-refractivity contribution is 5.94. The lowest BCUT2D eigenvalue weighted by Gasteiger charge is -2.27. The molecule has 0 aliphatic heterocycles. The van der Waals surface area contributed by atoms with E-state index in [4.69, 9.17) is 0 Å². The molecule has 1 heterocycles. The number of amides is 1. The lowest BCUT2D eigenvalue weighted by Crippen LogP contribution is -2.35. The van der Waals surface area contributed by atoms with E-state index < -0.39 is 11.9 Å². The van der Waals surface area contributed by atoms with Gasteiger partial charge in [-0.05, 0) is 43.7 Å². The first-order valence-electron chi connectivity index (χ1n) is 8.96. The summed E-state index contributed by atoms with van der Waals surface area (Å²) in [5.74, 6) is -0.270. The van der Waals surface area contributed by atoms with Gasteiger partial charge in [-0.15, -0.1) is 0 Å². The quantitative estimate of drug-likeness (QED) is 0.690. The lowest BCUT2D eigenvalue weighted by molar-refractivity contribution is 0.0732. The van der Waals surface area contributed by atoms with Crippen molar-refractivity contribution >= 4 is 16.8 Å². The molecule has 1 atom stereocenters. The van der Waals surface area contributed by atoms with Crippen LogP contribution in [0, 0.1) is 5.82 Å². The minimum Gasteiger partial charge on any atom is -0.332 e. The van der Waals surface area contributed by atoms with Crippen molar-refractivity contribution in [2.45, 2.75) is 32.9 Å². The fraction of sp³-hybridized carbons (Fsp3) is 0.286. The Labute approximate surface area is 157 Å². The fourth-order valence-electron chi connectivity index (χ4n) is 3.12. The number of para-hydroxylation sites is 1. The second-order valence-electron chi connectivity index (χ2n) is 6.55. The predicted molar refractivity (Wildman–Crippen MR) is 103 cm³/mol. The molecule has 0 bridgehead atoms. The number of carbonyl (C=O) groups is 1. The summed E-state index contributed by atoms with van der Waals surface area (Å²) in [6.45, 7) is 4.32. The van der Waals surface area contributed by atoms with Gasteiger partial charge < -0.3 is 4.90 Å². The third kappa shape index (κ3) is 3.60. The van der Waals surface area contributed by atoms with Crippen molar-refractivity contribution in [1.29, 1.82) is 0 Å². The Morgan fingerprint density at radius 1 is 1.22 bits per heavy atom. The van der Waals surface area contributed by atoms with E-state index in [1.54, 1.807) is 29.8 Å². The SMILES string of the molecule is CCCn1c(C(C)N(C)C(=O)c2cccc(F)c2)nc2ccccc2c1=O. The standard InChI is InChI=1S/C21H22FN3O2/c1-4-12-25-19(23-18-11-6-5-10-17(18)21(25)27)14(2)24(3)20(26)15-8-7-9-16(22)13-15/h5-11,13-14H,4,12H2,1-3H3. The summed E-state index contributed by atoms with van der Waals surface area (Å²) in [6.07, 6.45) is 0.765. The minimum atomic E-state index is -0.464. The Bertz CT molecular complexity index is 1050. The van der Waals surface area contributed by atoms with Gasteiger partial charge in [0, 0.05) is 19.2 Å². The molecule has 3 rings (SSSR count). The smallest absolute Gasteiger partial charge is 0.261 e. The maximum atomic E-state index is 13.5. The van der Waals surface area contributed by atoms with Gasteiger partial charge in [0.15, 0.2) is 0 Å². The molecule has 0 saturated carbocycles. The maximum absolute atomic E-state index is 13.5. The van der Waals surface area contributed by atoms with Gasteiger partial charge in [-0.25, -0.2) is 9.37 Å². The summed E-state index contributed by atoms with van der Waals surface area (Å²) in [5, 5.41) is 0.556. The lowest BCUT2D eigenvalue weighted by atomic mass is 10.1. The van der Waals surface area contributed by atoms with Gasteiger partial charge in [-0.2, -0.15) is 0 Å². The molecular formula is C21H22FN3O2. The van der Waals surface area contributed by atoms with Crippen LogP contribution >= 0.6 is 0 Å². The van der Waals surface area contributed by atoms with Crippen LogP contribution in [0.2, 0.25) is 0 Å². The Morgan fingerprint density at radius 3 is 2.67 bits per heavy atom. The molecule has 1 aromatic heterocycles. The highest BCUT2D eigenvalue weighted by Gasteiger charge is 2.24. The van der Waals surface area contributed by atoms with E-state index >= 15 is 0 Å². The normalized spacial score (nSPS) is 12.1. The number of carbonyl (C=O) groups excluding carboxylic acids is 1. The Morgan fingerprint density at radius 2 is 1.96 bits per heavy atom. The van der Waals surface area contributed by atoms with Crippen molar-refractivity contribution in [2.75, 3.05) is 7.05 Å². The summed E-state index contributed by atoms with van der Waals surface area (Å²) < 4.78 is 15.1. The van der Waals surface area contributed by atoms with Crippen molar-refractivity contribution in [3.8, 4) is 0 Å². The Hall–Kier alpha value is -3.02. The maximum Gasteiger partial charge on any atom is 0.261 e. The molecule has 0 radical (unpaired) electrons. The van der Waals surface area contributed by atoms with Crippen LogP contribution in [0.4, 0.5) is 4.39 Å². The molecule has 0 aliphatic carbocycles. The van der Waals surface area contributed by atoms with Gasteiger partial charge in [0.1, 0.15) is 11.6 Å².